The van der Waals surface area contributed by atoms with Gasteiger partial charge < -0.3 is 9.57 Å². The molecule has 0 aromatic heterocycles. The van der Waals surface area contributed by atoms with Gasteiger partial charge in [-0.15, -0.1) is 0 Å². The highest BCUT2D eigenvalue weighted by Gasteiger charge is 2.66. The molecule has 4 atom stereocenters. The number of oxime groups is 1. The molecule has 0 N–H and O–H groups in total. The quantitative estimate of drug-likeness (QED) is 0.706. The van der Waals surface area contributed by atoms with Crippen molar-refractivity contribution in [2.45, 2.75) is 64.1 Å². The van der Waals surface area contributed by atoms with Crippen molar-refractivity contribution in [3.8, 4) is 0 Å². The zero-order valence-electron chi connectivity index (χ0n) is 16.3. The van der Waals surface area contributed by atoms with Gasteiger partial charge in [0, 0.05) is 12.1 Å². The number of hydrogen-bond acceptors (Lipinski definition) is 5. The molecule has 0 radical (unpaired) electrons. The van der Waals surface area contributed by atoms with Crippen LogP contribution in [0.15, 0.2) is 35.5 Å². The second-order valence-corrected chi connectivity index (χ2v) is 9.77. The molecule has 1 aromatic rings. The first-order valence-electron chi connectivity index (χ1n) is 9.34. The molecule has 3 aliphatic heterocycles. The molecule has 3 aliphatic rings. The Kier molecular flexibility index (Phi) is 4.31. The Balaban J connectivity index is 1.71. The summed E-state index contributed by atoms with van der Waals surface area (Å²) in [6.07, 6.45) is -0.494. The van der Waals surface area contributed by atoms with E-state index in [1.807, 2.05) is 31.7 Å². The number of fused-ring (bicyclic) bond motifs is 5. The smallest absolute Gasteiger partial charge is 0.411 e. The lowest BCUT2D eigenvalue weighted by molar-refractivity contribution is -0.00561. The van der Waals surface area contributed by atoms with Gasteiger partial charge in [0.15, 0.2) is 6.10 Å². The van der Waals surface area contributed by atoms with E-state index in [4.69, 9.17) is 9.57 Å². The molecule has 3 heterocycles. The number of benzene rings is 1. The first-order valence-corrected chi connectivity index (χ1v) is 10.1. The van der Waals surface area contributed by atoms with E-state index in [-0.39, 0.29) is 35.9 Å². The number of rotatable bonds is 2. The number of ether oxygens (including phenoxy) is 1. The minimum absolute atomic E-state index is 0.000689. The van der Waals surface area contributed by atoms with Gasteiger partial charge in [-0.05, 0) is 56.1 Å². The fraction of sp³-hybridized carbons (Fsp3) is 0.600. The second-order valence-electron chi connectivity index (χ2n) is 8.96. The van der Waals surface area contributed by atoms with E-state index in [0.29, 0.717) is 6.54 Å². The van der Waals surface area contributed by atoms with Crippen LogP contribution in [0, 0.1) is 5.92 Å². The van der Waals surface area contributed by atoms with Crippen LogP contribution in [-0.4, -0.2) is 51.0 Å². The Bertz CT molecular complexity index is 774. The number of halogens is 1. The highest BCUT2D eigenvalue weighted by molar-refractivity contribution is 9.18. The van der Waals surface area contributed by atoms with E-state index in [1.165, 1.54) is 5.56 Å². The SMILES string of the molecule is CC(C)(C)OC(=O)N1CC2C3ON=C(Br)C3C1N2C(C)(C)c1ccccc1. The first kappa shape index (κ1) is 18.7. The number of likely N-dealkylation sites (tertiary alicyclic amines) is 1. The molecular formula is C20H26BrN3O3. The number of hydrogen-bond donors (Lipinski definition) is 0. The second kappa shape index (κ2) is 6.21. The highest BCUT2D eigenvalue weighted by Crippen LogP contribution is 2.51. The minimum atomic E-state index is -0.532. The van der Waals surface area contributed by atoms with Gasteiger partial charge in [0.1, 0.15) is 16.4 Å². The van der Waals surface area contributed by atoms with Crippen molar-refractivity contribution in [2.75, 3.05) is 6.54 Å². The predicted molar refractivity (Wildman–Crippen MR) is 107 cm³/mol. The Morgan fingerprint density at radius 1 is 1.22 bits per heavy atom. The Labute approximate surface area is 168 Å². The Morgan fingerprint density at radius 2 is 1.89 bits per heavy atom. The molecule has 2 fully saturated rings. The molecule has 4 unspecified atom stereocenters. The molecule has 2 saturated heterocycles. The average Bonchev–Trinajstić information content (AvgIpc) is 3.24. The summed E-state index contributed by atoms with van der Waals surface area (Å²) in [4.78, 5) is 22.9. The van der Waals surface area contributed by atoms with E-state index < -0.39 is 5.60 Å². The first-order chi connectivity index (χ1) is 12.6. The van der Waals surface area contributed by atoms with Gasteiger partial charge >= 0.3 is 6.09 Å². The topological polar surface area (TPSA) is 54.4 Å². The lowest BCUT2D eigenvalue weighted by Crippen LogP contribution is -2.52. The molecule has 146 valence electrons. The molecule has 0 saturated carbocycles. The van der Waals surface area contributed by atoms with Crippen LogP contribution in [0.4, 0.5) is 4.79 Å². The van der Waals surface area contributed by atoms with Crippen LogP contribution in [0.5, 0.6) is 0 Å². The molecule has 1 aromatic carbocycles. The fourth-order valence-corrected chi connectivity index (χ4v) is 5.17. The van der Waals surface area contributed by atoms with E-state index in [0.717, 1.165) is 4.62 Å². The molecule has 27 heavy (non-hydrogen) atoms. The monoisotopic (exact) mass is 435 g/mol. The van der Waals surface area contributed by atoms with Gasteiger partial charge in [0.2, 0.25) is 0 Å². The van der Waals surface area contributed by atoms with Crippen molar-refractivity contribution in [1.29, 1.82) is 0 Å². The highest BCUT2D eigenvalue weighted by atomic mass is 79.9. The van der Waals surface area contributed by atoms with Gasteiger partial charge in [-0.25, -0.2) is 4.79 Å². The number of piperidine rings is 1. The van der Waals surface area contributed by atoms with Gasteiger partial charge in [-0.1, -0.05) is 35.5 Å². The normalized spacial score (nSPS) is 30.1. The Morgan fingerprint density at radius 3 is 2.52 bits per heavy atom. The summed E-state index contributed by atoms with van der Waals surface area (Å²) >= 11 is 3.56. The number of carbonyl (C=O) groups excluding carboxylic acids is 1. The molecule has 0 spiro atoms. The van der Waals surface area contributed by atoms with Gasteiger partial charge in [0.25, 0.3) is 0 Å². The van der Waals surface area contributed by atoms with E-state index in [2.05, 4.69) is 64.1 Å². The van der Waals surface area contributed by atoms with Crippen LogP contribution < -0.4 is 0 Å². The van der Waals surface area contributed by atoms with Crippen molar-refractivity contribution in [3.63, 3.8) is 0 Å². The maximum absolute atomic E-state index is 12.9. The van der Waals surface area contributed by atoms with E-state index in [9.17, 15) is 4.79 Å². The van der Waals surface area contributed by atoms with Crippen molar-refractivity contribution < 1.29 is 14.4 Å². The van der Waals surface area contributed by atoms with Crippen LogP contribution >= 0.6 is 15.9 Å². The molecule has 4 rings (SSSR count). The van der Waals surface area contributed by atoms with Crippen molar-refractivity contribution in [1.82, 2.24) is 9.80 Å². The molecule has 1 amide bonds. The van der Waals surface area contributed by atoms with E-state index in [1.54, 1.807) is 0 Å². The van der Waals surface area contributed by atoms with Crippen molar-refractivity contribution in [2.24, 2.45) is 11.1 Å². The fourth-order valence-electron chi connectivity index (χ4n) is 4.59. The average molecular weight is 436 g/mol. The van der Waals surface area contributed by atoms with Gasteiger partial charge in [-0.2, -0.15) is 0 Å². The number of amides is 1. The van der Waals surface area contributed by atoms with Crippen LogP contribution in [0.3, 0.4) is 0 Å². The lowest BCUT2D eigenvalue weighted by Gasteiger charge is -2.40. The number of carbonyl (C=O) groups is 1. The van der Waals surface area contributed by atoms with Gasteiger partial charge in [-0.3, -0.25) is 9.80 Å². The summed E-state index contributed by atoms with van der Waals surface area (Å²) in [5, 5.41) is 4.15. The largest absolute Gasteiger partial charge is 0.444 e. The summed E-state index contributed by atoms with van der Waals surface area (Å²) in [7, 11) is 0. The zero-order chi connectivity index (χ0) is 19.6. The summed E-state index contributed by atoms with van der Waals surface area (Å²) in [5.41, 5.74) is 0.406. The molecular weight excluding hydrogens is 410 g/mol. The van der Waals surface area contributed by atoms with Crippen LogP contribution in [0.25, 0.3) is 0 Å². The standard InChI is InChI=1S/C20H26BrN3O3/c1-19(2,3)26-18(25)23-11-13-15-14(16(21)22-27-15)17(23)24(13)20(4,5)12-9-7-6-8-10-12/h6-10,13-15,17H,11H2,1-5H3. The molecule has 6 nitrogen and oxygen atoms in total. The molecule has 2 bridgehead atoms. The summed E-state index contributed by atoms with van der Waals surface area (Å²) in [6.45, 7) is 10.7. The summed E-state index contributed by atoms with van der Waals surface area (Å²) in [5.74, 6) is -0.000689. The third kappa shape index (κ3) is 2.95. The third-order valence-corrected chi connectivity index (χ3v) is 6.36. The number of nitrogens with zero attached hydrogens (tertiary/aromatic N) is 3. The van der Waals surface area contributed by atoms with Gasteiger partial charge in [0.05, 0.1) is 12.0 Å². The maximum atomic E-state index is 12.9. The molecule has 0 aliphatic carbocycles. The predicted octanol–water partition coefficient (Wildman–Crippen LogP) is 3.91. The lowest BCUT2D eigenvalue weighted by atomic mass is 9.91. The van der Waals surface area contributed by atoms with Crippen LogP contribution in [0.2, 0.25) is 0 Å². The third-order valence-electron chi connectivity index (χ3n) is 5.69. The van der Waals surface area contributed by atoms with Crippen LogP contribution in [-0.2, 0) is 15.1 Å². The Hall–Kier alpha value is -1.60. The van der Waals surface area contributed by atoms with Crippen LogP contribution in [0.1, 0.15) is 40.2 Å². The van der Waals surface area contributed by atoms with E-state index >= 15 is 0 Å². The van der Waals surface area contributed by atoms with Crippen molar-refractivity contribution in [3.05, 3.63) is 35.9 Å². The van der Waals surface area contributed by atoms with Crippen molar-refractivity contribution >= 4 is 26.6 Å². The molecule has 7 heteroatoms. The maximum Gasteiger partial charge on any atom is 0.411 e. The minimum Gasteiger partial charge on any atom is -0.444 e. The summed E-state index contributed by atoms with van der Waals surface area (Å²) in [6, 6.07) is 10.4. The zero-order valence-corrected chi connectivity index (χ0v) is 17.9. The summed E-state index contributed by atoms with van der Waals surface area (Å²) < 4.78 is 6.45.